The van der Waals surface area contributed by atoms with Crippen LogP contribution in [0.5, 0.6) is 0 Å². The predicted octanol–water partition coefficient (Wildman–Crippen LogP) is 6.18. The fraction of sp³-hybridized carbons (Fsp3) is 0.231. The molecule has 3 amide bonds. The van der Waals surface area contributed by atoms with Gasteiger partial charge in [-0.2, -0.15) is 0 Å². The smallest absolute Gasteiger partial charge is 0.407 e. The van der Waals surface area contributed by atoms with Gasteiger partial charge in [-0.05, 0) is 51.9 Å². The van der Waals surface area contributed by atoms with Gasteiger partial charge < -0.3 is 30.4 Å². The molecule has 1 aromatic heterocycles. The molecule has 6 rings (SSSR count). The van der Waals surface area contributed by atoms with E-state index in [0.29, 0.717) is 0 Å². The van der Waals surface area contributed by atoms with Gasteiger partial charge in [-0.1, -0.05) is 92.7 Å². The van der Waals surface area contributed by atoms with E-state index in [9.17, 15) is 19.2 Å². The number of esters is 1. The van der Waals surface area contributed by atoms with Crippen LogP contribution < -0.4 is 16.0 Å². The molecular formula is C39H38N4O6. The van der Waals surface area contributed by atoms with E-state index in [1.165, 1.54) is 7.11 Å². The highest BCUT2D eigenvalue weighted by Gasteiger charge is 2.31. The molecule has 1 aliphatic rings. The topological polar surface area (TPSA) is 139 Å². The van der Waals surface area contributed by atoms with E-state index in [1.54, 1.807) is 44.3 Å². The van der Waals surface area contributed by atoms with E-state index in [-0.39, 0.29) is 36.1 Å². The summed E-state index contributed by atoms with van der Waals surface area (Å²) in [4.78, 5) is 56.2. The van der Waals surface area contributed by atoms with Crippen molar-refractivity contribution in [1.29, 1.82) is 0 Å². The van der Waals surface area contributed by atoms with E-state index in [2.05, 4.69) is 33.1 Å². The summed E-state index contributed by atoms with van der Waals surface area (Å²) in [7, 11) is 1.26. The Labute approximate surface area is 284 Å². The highest BCUT2D eigenvalue weighted by molar-refractivity contribution is 6.06. The third kappa shape index (κ3) is 7.03. The Morgan fingerprint density at radius 2 is 1.43 bits per heavy atom. The van der Waals surface area contributed by atoms with Crippen LogP contribution in [0.4, 0.5) is 10.5 Å². The standard InChI is InChI=1S/C39H38N4O6/c1-23(2)35(43-39(47)49-22-31-28-15-6-4-13-26(28)27-14-5-7-16-29(27)31)37(45)41-33-19-11-9-17-30(33)36(44)42-34(38(46)48-3)20-24-21-40-32-18-10-8-12-25(24)32/h4-19,21,23,31,34-35,40H,20,22H2,1-3H3,(H,41,45)(H,42,44)(H,43,47)/t34-,35+/m1/s1. The minimum Gasteiger partial charge on any atom is -0.467 e. The number of para-hydroxylation sites is 2. The number of methoxy groups -OCH3 is 1. The molecule has 4 N–H and O–H groups in total. The highest BCUT2D eigenvalue weighted by atomic mass is 16.5. The monoisotopic (exact) mass is 658 g/mol. The molecule has 0 unspecified atom stereocenters. The summed E-state index contributed by atoms with van der Waals surface area (Å²) >= 11 is 0. The number of aromatic nitrogens is 1. The largest absolute Gasteiger partial charge is 0.467 e. The highest BCUT2D eigenvalue weighted by Crippen LogP contribution is 2.44. The lowest BCUT2D eigenvalue weighted by Crippen LogP contribution is -2.47. The minimum atomic E-state index is -0.987. The first-order valence-corrected chi connectivity index (χ1v) is 16.2. The normalized spacial score (nSPS) is 13.2. The molecule has 10 nitrogen and oxygen atoms in total. The number of amides is 3. The van der Waals surface area contributed by atoms with Crippen molar-refractivity contribution in [3.8, 4) is 11.1 Å². The van der Waals surface area contributed by atoms with Gasteiger partial charge in [0.05, 0.1) is 18.4 Å². The van der Waals surface area contributed by atoms with Crippen LogP contribution in [0.3, 0.4) is 0 Å². The second-order valence-electron chi connectivity index (χ2n) is 12.3. The van der Waals surface area contributed by atoms with Gasteiger partial charge in [0.25, 0.3) is 5.91 Å². The lowest BCUT2D eigenvalue weighted by Gasteiger charge is -2.23. The lowest BCUT2D eigenvalue weighted by molar-refractivity contribution is -0.142. The Morgan fingerprint density at radius 3 is 2.12 bits per heavy atom. The van der Waals surface area contributed by atoms with Crippen molar-refractivity contribution in [2.24, 2.45) is 5.92 Å². The molecule has 0 fully saturated rings. The number of anilines is 1. The van der Waals surface area contributed by atoms with Gasteiger partial charge in [-0.25, -0.2) is 9.59 Å². The van der Waals surface area contributed by atoms with Gasteiger partial charge in [0.2, 0.25) is 5.91 Å². The van der Waals surface area contributed by atoms with E-state index >= 15 is 0 Å². The average Bonchev–Trinajstić information content (AvgIpc) is 3.67. The predicted molar refractivity (Wildman–Crippen MR) is 187 cm³/mol. The van der Waals surface area contributed by atoms with Crippen LogP contribution in [0.25, 0.3) is 22.0 Å². The number of fused-ring (bicyclic) bond motifs is 4. The van der Waals surface area contributed by atoms with Crippen LogP contribution in [0, 0.1) is 5.92 Å². The molecule has 0 aliphatic heterocycles. The van der Waals surface area contributed by atoms with Crippen molar-refractivity contribution in [3.63, 3.8) is 0 Å². The van der Waals surface area contributed by atoms with Crippen LogP contribution in [-0.2, 0) is 25.5 Å². The molecule has 0 spiro atoms. The Morgan fingerprint density at radius 1 is 0.796 bits per heavy atom. The van der Waals surface area contributed by atoms with Crippen LogP contribution >= 0.6 is 0 Å². The van der Waals surface area contributed by atoms with Gasteiger partial charge in [0.15, 0.2) is 0 Å². The summed E-state index contributed by atoms with van der Waals surface area (Å²) in [6.45, 7) is 3.71. The SMILES string of the molecule is COC(=O)[C@@H](Cc1c[nH]c2ccccc12)NC(=O)c1ccccc1NC(=O)[C@@H](NC(=O)OCC1c2ccccc2-c2ccccc21)C(C)C. The van der Waals surface area contributed by atoms with Crippen LogP contribution in [0.2, 0.25) is 0 Å². The number of benzene rings is 4. The second-order valence-corrected chi connectivity index (χ2v) is 12.3. The molecule has 49 heavy (non-hydrogen) atoms. The molecule has 1 heterocycles. The summed E-state index contributed by atoms with van der Waals surface area (Å²) in [6.07, 6.45) is 1.27. The molecule has 0 bridgehead atoms. The zero-order valence-electron chi connectivity index (χ0n) is 27.5. The molecule has 0 saturated heterocycles. The molecule has 4 aromatic carbocycles. The summed E-state index contributed by atoms with van der Waals surface area (Å²) in [5, 5.41) is 9.22. The fourth-order valence-corrected chi connectivity index (χ4v) is 6.39. The van der Waals surface area contributed by atoms with Crippen molar-refractivity contribution < 1.29 is 28.7 Å². The summed E-state index contributed by atoms with van der Waals surface area (Å²) < 4.78 is 10.7. The van der Waals surface area contributed by atoms with Crippen LogP contribution in [0.1, 0.15) is 46.8 Å². The molecular weight excluding hydrogens is 620 g/mol. The Balaban J connectivity index is 1.12. The lowest BCUT2D eigenvalue weighted by atomic mass is 9.98. The number of hydrogen-bond acceptors (Lipinski definition) is 6. The number of aromatic amines is 1. The van der Waals surface area contributed by atoms with E-state index in [0.717, 1.165) is 38.7 Å². The maximum absolute atomic E-state index is 13.6. The first kappa shape index (κ1) is 33.0. The fourth-order valence-electron chi connectivity index (χ4n) is 6.39. The number of hydrogen-bond donors (Lipinski definition) is 4. The third-order valence-electron chi connectivity index (χ3n) is 8.89. The molecule has 250 valence electrons. The number of carbonyl (C=O) groups is 4. The number of ether oxygens (including phenoxy) is 2. The van der Waals surface area contributed by atoms with Gasteiger partial charge in [0.1, 0.15) is 18.7 Å². The minimum absolute atomic E-state index is 0.106. The van der Waals surface area contributed by atoms with Gasteiger partial charge in [0, 0.05) is 29.4 Å². The zero-order valence-corrected chi connectivity index (χ0v) is 27.5. The van der Waals surface area contributed by atoms with Crippen molar-refractivity contribution >= 4 is 40.5 Å². The number of alkyl carbamates (subject to hydrolysis) is 1. The van der Waals surface area contributed by atoms with Crippen molar-refractivity contribution in [3.05, 3.63) is 126 Å². The summed E-state index contributed by atoms with van der Waals surface area (Å²) in [6, 6.07) is 28.3. The molecule has 0 radical (unpaired) electrons. The maximum atomic E-state index is 13.6. The Hall–Kier alpha value is -5.90. The van der Waals surface area contributed by atoms with Gasteiger partial charge in [-0.3, -0.25) is 9.59 Å². The first-order valence-electron chi connectivity index (χ1n) is 16.2. The maximum Gasteiger partial charge on any atom is 0.407 e. The number of rotatable bonds is 11. The average molecular weight is 659 g/mol. The van der Waals surface area contributed by atoms with E-state index in [1.807, 2.05) is 60.7 Å². The van der Waals surface area contributed by atoms with Crippen molar-refractivity contribution in [2.75, 3.05) is 19.0 Å². The number of carbonyl (C=O) groups excluding carboxylic acids is 4. The van der Waals surface area contributed by atoms with Crippen LogP contribution in [0.15, 0.2) is 103 Å². The van der Waals surface area contributed by atoms with Gasteiger partial charge in [-0.15, -0.1) is 0 Å². The number of H-pyrrole nitrogens is 1. The summed E-state index contributed by atoms with van der Waals surface area (Å²) in [5.74, 6) is -2.13. The molecule has 5 aromatic rings. The first-order chi connectivity index (χ1) is 23.7. The zero-order chi connectivity index (χ0) is 34.5. The van der Waals surface area contributed by atoms with E-state index in [4.69, 9.17) is 9.47 Å². The van der Waals surface area contributed by atoms with E-state index < -0.39 is 36.0 Å². The molecule has 0 saturated carbocycles. The van der Waals surface area contributed by atoms with Crippen LogP contribution in [-0.4, -0.2) is 54.7 Å². The Bertz CT molecular complexity index is 1970. The molecule has 10 heteroatoms. The quantitative estimate of drug-likeness (QED) is 0.125. The summed E-state index contributed by atoms with van der Waals surface area (Å²) in [5.41, 5.74) is 6.52. The van der Waals surface area contributed by atoms with Gasteiger partial charge >= 0.3 is 12.1 Å². The second kappa shape index (κ2) is 14.5. The van der Waals surface area contributed by atoms with Crippen molar-refractivity contribution in [1.82, 2.24) is 15.6 Å². The number of nitrogens with one attached hydrogen (secondary N) is 4. The molecule has 2 atom stereocenters. The third-order valence-corrected chi connectivity index (χ3v) is 8.89. The molecule has 1 aliphatic carbocycles. The Kier molecular flexibility index (Phi) is 9.75. The van der Waals surface area contributed by atoms with Crippen molar-refractivity contribution in [2.45, 2.75) is 38.3 Å².